The SMILES string of the molecule is CC1CC[C@@H](O)[C@H](CC(=O)Cn2cnc3cc(Br)c(Cl)cc3c2=O)NC1. The fourth-order valence-corrected chi connectivity index (χ4v) is 3.72. The van der Waals surface area contributed by atoms with Gasteiger partial charge in [-0.05, 0) is 53.4 Å². The zero-order chi connectivity index (χ0) is 18.8. The van der Waals surface area contributed by atoms with Gasteiger partial charge in [0.25, 0.3) is 5.56 Å². The number of halogens is 2. The number of hydrogen-bond donors (Lipinski definition) is 2. The molecule has 0 radical (unpaired) electrons. The van der Waals surface area contributed by atoms with Crippen molar-refractivity contribution in [2.24, 2.45) is 5.92 Å². The van der Waals surface area contributed by atoms with Crippen LogP contribution in [-0.2, 0) is 11.3 Å². The number of aliphatic hydroxyl groups excluding tert-OH is 1. The van der Waals surface area contributed by atoms with Crippen molar-refractivity contribution < 1.29 is 9.90 Å². The zero-order valence-corrected chi connectivity index (χ0v) is 16.8. The number of benzene rings is 1. The topological polar surface area (TPSA) is 84.2 Å². The molecule has 26 heavy (non-hydrogen) atoms. The van der Waals surface area contributed by atoms with Crippen molar-refractivity contribution in [1.82, 2.24) is 14.9 Å². The molecule has 1 aromatic carbocycles. The summed E-state index contributed by atoms with van der Waals surface area (Å²) in [6, 6.07) is 2.95. The second-order valence-electron chi connectivity index (χ2n) is 6.97. The van der Waals surface area contributed by atoms with Crippen LogP contribution in [0.3, 0.4) is 0 Å². The van der Waals surface area contributed by atoms with Crippen LogP contribution < -0.4 is 10.9 Å². The highest BCUT2D eigenvalue weighted by Crippen LogP contribution is 2.25. The lowest BCUT2D eigenvalue weighted by atomic mass is 10.00. The van der Waals surface area contributed by atoms with Crippen LogP contribution in [0.4, 0.5) is 0 Å². The summed E-state index contributed by atoms with van der Waals surface area (Å²) in [7, 11) is 0. The smallest absolute Gasteiger partial charge is 0.261 e. The van der Waals surface area contributed by atoms with E-state index in [0.717, 1.165) is 13.0 Å². The Bertz CT molecular complexity index is 886. The molecule has 1 aliphatic rings. The minimum absolute atomic E-state index is 0.0735. The van der Waals surface area contributed by atoms with Crippen LogP contribution >= 0.6 is 27.5 Å². The molecule has 1 aliphatic heterocycles. The lowest BCUT2D eigenvalue weighted by molar-refractivity contribution is -0.120. The van der Waals surface area contributed by atoms with Crippen LogP contribution in [0.1, 0.15) is 26.2 Å². The summed E-state index contributed by atoms with van der Waals surface area (Å²) >= 11 is 9.37. The number of ketones is 1. The number of carbonyl (C=O) groups excluding carboxylic acids is 1. The largest absolute Gasteiger partial charge is 0.391 e. The summed E-state index contributed by atoms with van der Waals surface area (Å²) in [6.45, 7) is 2.82. The van der Waals surface area contributed by atoms with E-state index < -0.39 is 6.10 Å². The Labute approximate surface area is 164 Å². The monoisotopic (exact) mass is 441 g/mol. The zero-order valence-electron chi connectivity index (χ0n) is 14.4. The third-order valence-electron chi connectivity index (χ3n) is 4.81. The van der Waals surface area contributed by atoms with E-state index in [4.69, 9.17) is 11.6 Å². The molecule has 0 bridgehead atoms. The van der Waals surface area contributed by atoms with Gasteiger partial charge in [0.15, 0.2) is 5.78 Å². The van der Waals surface area contributed by atoms with Crippen LogP contribution in [0, 0.1) is 5.92 Å². The Morgan fingerprint density at radius 2 is 2.23 bits per heavy atom. The fourth-order valence-electron chi connectivity index (χ4n) is 3.22. The van der Waals surface area contributed by atoms with Gasteiger partial charge in [0.2, 0.25) is 0 Å². The first-order chi connectivity index (χ1) is 12.3. The van der Waals surface area contributed by atoms with Crippen LogP contribution in [0.25, 0.3) is 10.9 Å². The van der Waals surface area contributed by atoms with Crippen LogP contribution in [0.2, 0.25) is 5.02 Å². The molecule has 8 heteroatoms. The number of hydrogen-bond acceptors (Lipinski definition) is 5. The van der Waals surface area contributed by atoms with E-state index in [0.29, 0.717) is 32.7 Å². The maximum atomic E-state index is 12.6. The summed E-state index contributed by atoms with van der Waals surface area (Å²) in [6.07, 6.45) is 2.62. The van der Waals surface area contributed by atoms with E-state index >= 15 is 0 Å². The van der Waals surface area contributed by atoms with Crippen molar-refractivity contribution in [3.8, 4) is 0 Å². The predicted octanol–water partition coefficient (Wildman–Crippen LogP) is 2.52. The molecule has 3 atom stereocenters. The highest BCUT2D eigenvalue weighted by Gasteiger charge is 2.26. The molecule has 2 N–H and O–H groups in total. The molecule has 6 nitrogen and oxygen atoms in total. The summed E-state index contributed by atoms with van der Waals surface area (Å²) in [5.74, 6) is 0.351. The second kappa shape index (κ2) is 8.17. The molecule has 3 rings (SSSR count). The van der Waals surface area contributed by atoms with Gasteiger partial charge in [0.05, 0.1) is 34.9 Å². The minimum atomic E-state index is -0.550. The van der Waals surface area contributed by atoms with E-state index in [1.54, 1.807) is 12.1 Å². The molecule has 140 valence electrons. The van der Waals surface area contributed by atoms with Crippen LogP contribution in [0.15, 0.2) is 27.7 Å². The molecule has 0 amide bonds. The first kappa shape index (κ1) is 19.5. The molecule has 2 heterocycles. The highest BCUT2D eigenvalue weighted by atomic mass is 79.9. The lowest BCUT2D eigenvalue weighted by Gasteiger charge is -2.20. The van der Waals surface area contributed by atoms with Crippen LogP contribution in [-0.4, -0.2) is 39.1 Å². The van der Waals surface area contributed by atoms with E-state index in [9.17, 15) is 14.7 Å². The average Bonchev–Trinajstić information content (AvgIpc) is 2.75. The Morgan fingerprint density at radius 1 is 1.46 bits per heavy atom. The molecule has 0 aliphatic carbocycles. The molecule has 2 aromatic rings. The maximum Gasteiger partial charge on any atom is 0.261 e. The number of Topliss-reactive ketones (excluding diaryl/α,β-unsaturated/α-hetero) is 1. The molecular weight excluding hydrogens is 422 g/mol. The van der Waals surface area contributed by atoms with Crippen molar-refractivity contribution in [2.75, 3.05) is 6.54 Å². The average molecular weight is 443 g/mol. The maximum absolute atomic E-state index is 12.6. The molecule has 1 saturated heterocycles. The first-order valence-electron chi connectivity index (χ1n) is 8.62. The normalized spacial score (nSPS) is 23.8. The molecular formula is C18H21BrClN3O3. The van der Waals surface area contributed by atoms with Crippen molar-refractivity contribution in [3.05, 3.63) is 38.3 Å². The van der Waals surface area contributed by atoms with Gasteiger partial charge in [-0.2, -0.15) is 0 Å². The number of nitrogens with zero attached hydrogens (tertiary/aromatic N) is 2. The number of carbonyl (C=O) groups is 1. The molecule has 0 saturated carbocycles. The van der Waals surface area contributed by atoms with Gasteiger partial charge in [-0.15, -0.1) is 0 Å². The third-order valence-corrected chi connectivity index (χ3v) is 6.01. The van der Waals surface area contributed by atoms with Gasteiger partial charge in [0.1, 0.15) is 0 Å². The number of aromatic nitrogens is 2. The molecule has 0 spiro atoms. The van der Waals surface area contributed by atoms with Crippen molar-refractivity contribution in [1.29, 1.82) is 0 Å². The highest BCUT2D eigenvalue weighted by molar-refractivity contribution is 9.10. The summed E-state index contributed by atoms with van der Waals surface area (Å²) in [5.41, 5.74) is 0.213. The van der Waals surface area contributed by atoms with Gasteiger partial charge < -0.3 is 10.4 Å². The van der Waals surface area contributed by atoms with Gasteiger partial charge in [-0.3, -0.25) is 14.2 Å². The first-order valence-corrected chi connectivity index (χ1v) is 9.79. The standard InChI is InChI=1S/C18H21BrClN3O3/c1-10-2-3-17(25)16(21-7-10)4-11(24)8-23-9-22-15-6-13(19)14(20)5-12(15)18(23)26/h5-6,9-10,16-17,21,25H,2-4,7-8H2,1H3/t10?,16-,17+/m0/s1. The van der Waals surface area contributed by atoms with E-state index in [1.807, 2.05) is 0 Å². The van der Waals surface area contributed by atoms with Crippen molar-refractivity contribution >= 4 is 44.2 Å². The summed E-state index contributed by atoms with van der Waals surface area (Å²) in [4.78, 5) is 29.3. The number of nitrogens with one attached hydrogen (secondary N) is 1. The minimum Gasteiger partial charge on any atom is -0.391 e. The lowest BCUT2D eigenvalue weighted by Crippen LogP contribution is -2.41. The predicted molar refractivity (Wildman–Crippen MR) is 105 cm³/mol. The van der Waals surface area contributed by atoms with Crippen LogP contribution in [0.5, 0.6) is 0 Å². The Kier molecular flexibility index (Phi) is 6.12. The quantitative estimate of drug-likeness (QED) is 0.760. The second-order valence-corrected chi connectivity index (χ2v) is 8.23. The van der Waals surface area contributed by atoms with Gasteiger partial charge in [0, 0.05) is 16.9 Å². The van der Waals surface area contributed by atoms with Gasteiger partial charge in [-0.1, -0.05) is 18.5 Å². The third kappa shape index (κ3) is 4.34. The van der Waals surface area contributed by atoms with Gasteiger partial charge >= 0.3 is 0 Å². The summed E-state index contributed by atoms with van der Waals surface area (Å²) < 4.78 is 1.95. The van der Waals surface area contributed by atoms with E-state index in [2.05, 4.69) is 33.2 Å². The molecule has 1 unspecified atom stereocenters. The number of fused-ring (bicyclic) bond motifs is 1. The Hall–Kier alpha value is -1.28. The molecule has 1 aromatic heterocycles. The van der Waals surface area contributed by atoms with E-state index in [-0.39, 0.29) is 30.3 Å². The summed E-state index contributed by atoms with van der Waals surface area (Å²) in [5, 5.41) is 14.3. The number of aliphatic hydroxyl groups is 1. The fraction of sp³-hybridized carbons (Fsp3) is 0.500. The van der Waals surface area contributed by atoms with Crippen molar-refractivity contribution in [2.45, 2.75) is 44.9 Å². The van der Waals surface area contributed by atoms with E-state index in [1.165, 1.54) is 10.9 Å². The van der Waals surface area contributed by atoms with Gasteiger partial charge in [-0.25, -0.2) is 4.98 Å². The van der Waals surface area contributed by atoms with Crippen molar-refractivity contribution in [3.63, 3.8) is 0 Å². The Morgan fingerprint density at radius 3 is 3.00 bits per heavy atom. The Balaban J connectivity index is 1.76. The number of rotatable bonds is 4. The molecule has 1 fully saturated rings.